The lowest BCUT2D eigenvalue weighted by Gasteiger charge is -2.11. The predicted octanol–water partition coefficient (Wildman–Crippen LogP) is 3.23. The van der Waals surface area contributed by atoms with Gasteiger partial charge in [0.2, 0.25) is 0 Å². The van der Waals surface area contributed by atoms with E-state index in [-0.39, 0.29) is 6.04 Å². The number of benzene rings is 1. The highest BCUT2D eigenvalue weighted by atomic mass is 15.1. The van der Waals surface area contributed by atoms with Crippen molar-refractivity contribution in [3.8, 4) is 0 Å². The van der Waals surface area contributed by atoms with Crippen LogP contribution in [0.5, 0.6) is 0 Å². The number of hydrogen-bond acceptors (Lipinski definition) is 2. The summed E-state index contributed by atoms with van der Waals surface area (Å²) >= 11 is 0. The average Bonchev–Trinajstić information content (AvgIpc) is 2.86. The third kappa shape index (κ3) is 1.97. The van der Waals surface area contributed by atoms with Crippen molar-refractivity contribution in [2.75, 3.05) is 7.05 Å². The second-order valence-electron chi connectivity index (χ2n) is 6.26. The highest BCUT2D eigenvalue weighted by molar-refractivity contribution is 5.87. The largest absolute Gasteiger partial charge is 0.348 e. The Morgan fingerprint density at radius 3 is 2.50 bits per heavy atom. The van der Waals surface area contributed by atoms with Crippen molar-refractivity contribution in [1.82, 2.24) is 9.47 Å². The van der Waals surface area contributed by atoms with Crippen molar-refractivity contribution < 1.29 is 0 Å². The van der Waals surface area contributed by atoms with Gasteiger partial charge < -0.3 is 10.3 Å². The first-order chi connectivity index (χ1) is 9.52. The molecule has 0 saturated carbocycles. The zero-order chi connectivity index (χ0) is 14.4. The topological polar surface area (TPSA) is 34.2 Å². The molecule has 20 heavy (non-hydrogen) atoms. The quantitative estimate of drug-likeness (QED) is 0.930. The van der Waals surface area contributed by atoms with Crippen molar-refractivity contribution >= 4 is 10.9 Å². The molecule has 1 unspecified atom stereocenters. The van der Waals surface area contributed by atoms with E-state index in [0.29, 0.717) is 0 Å². The maximum absolute atomic E-state index is 6.43. The molecule has 3 heteroatoms. The van der Waals surface area contributed by atoms with Gasteiger partial charge in [-0.15, -0.1) is 0 Å². The van der Waals surface area contributed by atoms with Crippen LogP contribution >= 0.6 is 0 Å². The molecule has 108 valence electrons. The minimum absolute atomic E-state index is 0.154. The zero-order valence-electron chi connectivity index (χ0n) is 13.0. The molecule has 3 nitrogen and oxygen atoms in total. The second-order valence-corrected chi connectivity index (χ2v) is 6.26. The molecule has 0 amide bonds. The fraction of sp³-hybridized carbons (Fsp3) is 0.529. The number of nitrogens with two attached hydrogens (primary N) is 1. The summed E-state index contributed by atoms with van der Waals surface area (Å²) in [7, 11) is 4.34. The molecule has 2 N–H and O–H groups in total. The summed E-state index contributed by atoms with van der Waals surface area (Å²) in [5.41, 5.74) is 13.4. The first-order valence-electron chi connectivity index (χ1n) is 7.57. The van der Waals surface area contributed by atoms with E-state index in [1.165, 1.54) is 33.3 Å². The summed E-state index contributed by atoms with van der Waals surface area (Å²) < 4.78 is 2.30. The van der Waals surface area contributed by atoms with Crippen LogP contribution in [0.2, 0.25) is 0 Å². The maximum atomic E-state index is 6.43. The van der Waals surface area contributed by atoms with Gasteiger partial charge in [-0.05, 0) is 49.2 Å². The number of aryl methyl sites for hydroxylation is 1. The minimum Gasteiger partial charge on any atom is -0.348 e. The molecule has 2 heterocycles. The van der Waals surface area contributed by atoms with E-state index in [2.05, 4.69) is 49.5 Å². The third-order valence-electron chi connectivity index (χ3n) is 4.71. The van der Waals surface area contributed by atoms with Gasteiger partial charge in [0, 0.05) is 42.8 Å². The van der Waals surface area contributed by atoms with Gasteiger partial charge in [-0.3, -0.25) is 4.90 Å². The summed E-state index contributed by atoms with van der Waals surface area (Å²) in [5.74, 6) is 0. The van der Waals surface area contributed by atoms with Gasteiger partial charge in [-0.1, -0.05) is 13.3 Å². The summed E-state index contributed by atoms with van der Waals surface area (Å²) in [6.07, 6.45) is 2.18. The van der Waals surface area contributed by atoms with Gasteiger partial charge >= 0.3 is 0 Å². The third-order valence-corrected chi connectivity index (χ3v) is 4.71. The highest BCUT2D eigenvalue weighted by Gasteiger charge is 2.22. The number of nitrogens with zero attached hydrogens (tertiary/aromatic N) is 2. The fourth-order valence-corrected chi connectivity index (χ4v) is 3.58. The summed E-state index contributed by atoms with van der Waals surface area (Å²) in [6.45, 7) is 6.52. The van der Waals surface area contributed by atoms with E-state index in [1.807, 2.05) is 0 Å². The summed E-state index contributed by atoms with van der Waals surface area (Å²) in [6, 6.07) is 4.90. The van der Waals surface area contributed by atoms with Crippen molar-refractivity contribution in [2.24, 2.45) is 12.8 Å². The molecule has 1 aromatic heterocycles. The van der Waals surface area contributed by atoms with Crippen LogP contribution in [0.1, 0.15) is 48.2 Å². The van der Waals surface area contributed by atoms with Crippen molar-refractivity contribution in [1.29, 1.82) is 0 Å². The molecule has 1 aromatic carbocycles. The Kier molecular flexibility index (Phi) is 3.35. The molecule has 0 radical (unpaired) electrons. The molecule has 0 spiro atoms. The van der Waals surface area contributed by atoms with E-state index >= 15 is 0 Å². The zero-order valence-corrected chi connectivity index (χ0v) is 13.0. The Morgan fingerprint density at radius 1 is 1.20 bits per heavy atom. The van der Waals surface area contributed by atoms with Gasteiger partial charge in [0.05, 0.1) is 0 Å². The molecule has 2 aromatic rings. The van der Waals surface area contributed by atoms with Gasteiger partial charge in [-0.2, -0.15) is 0 Å². The van der Waals surface area contributed by atoms with Gasteiger partial charge in [0.25, 0.3) is 0 Å². The molecule has 0 bridgehead atoms. The molecule has 3 rings (SSSR count). The number of rotatable bonds is 3. The Bertz CT molecular complexity index is 654. The van der Waals surface area contributed by atoms with Crippen molar-refractivity contribution in [2.45, 2.75) is 45.8 Å². The van der Waals surface area contributed by atoms with Crippen LogP contribution in [0.4, 0.5) is 0 Å². The van der Waals surface area contributed by atoms with E-state index < -0.39 is 0 Å². The molecule has 1 aliphatic heterocycles. The minimum atomic E-state index is 0.154. The standard InChI is InChI=1S/C17H25N3/c1-5-6-15(18)17-11(2)20(4)16-8-13-10-19(3)9-12(13)7-14(16)17/h7-8,15H,5-6,9-10,18H2,1-4H3. The SMILES string of the molecule is CCCC(N)c1c(C)n(C)c2cc3c(cc12)CN(C)C3. The highest BCUT2D eigenvalue weighted by Crippen LogP contribution is 2.35. The van der Waals surface area contributed by atoms with Crippen LogP contribution in [0.15, 0.2) is 12.1 Å². The molecule has 0 saturated heterocycles. The molecular formula is C17H25N3. The van der Waals surface area contributed by atoms with Gasteiger partial charge in [0.15, 0.2) is 0 Å². The lowest BCUT2D eigenvalue weighted by molar-refractivity contribution is 0.353. The van der Waals surface area contributed by atoms with Crippen molar-refractivity contribution in [3.63, 3.8) is 0 Å². The Morgan fingerprint density at radius 2 is 1.85 bits per heavy atom. The van der Waals surface area contributed by atoms with Crippen LogP contribution in [-0.2, 0) is 20.1 Å². The van der Waals surface area contributed by atoms with Crippen LogP contribution in [0.25, 0.3) is 10.9 Å². The molecule has 1 aliphatic rings. The van der Waals surface area contributed by atoms with Crippen LogP contribution in [0, 0.1) is 6.92 Å². The predicted molar refractivity (Wildman–Crippen MR) is 84.7 cm³/mol. The monoisotopic (exact) mass is 271 g/mol. The van der Waals surface area contributed by atoms with E-state index in [0.717, 1.165) is 25.9 Å². The second kappa shape index (κ2) is 4.90. The fourth-order valence-electron chi connectivity index (χ4n) is 3.58. The van der Waals surface area contributed by atoms with Crippen LogP contribution in [0.3, 0.4) is 0 Å². The number of aromatic nitrogens is 1. The van der Waals surface area contributed by atoms with Crippen molar-refractivity contribution in [3.05, 3.63) is 34.5 Å². The normalized spacial score (nSPS) is 16.9. The van der Waals surface area contributed by atoms with Gasteiger partial charge in [-0.25, -0.2) is 0 Å². The Hall–Kier alpha value is -1.32. The smallest absolute Gasteiger partial charge is 0.0486 e. The molecule has 0 aliphatic carbocycles. The van der Waals surface area contributed by atoms with Crippen LogP contribution < -0.4 is 5.73 Å². The Balaban J connectivity index is 2.20. The summed E-state index contributed by atoms with van der Waals surface area (Å²) in [5, 5.41) is 1.36. The van der Waals surface area contributed by atoms with E-state index in [9.17, 15) is 0 Å². The summed E-state index contributed by atoms with van der Waals surface area (Å²) in [4.78, 5) is 2.36. The maximum Gasteiger partial charge on any atom is 0.0486 e. The Labute approximate surface area is 121 Å². The first kappa shape index (κ1) is 13.7. The van der Waals surface area contributed by atoms with E-state index in [4.69, 9.17) is 5.73 Å². The lowest BCUT2D eigenvalue weighted by atomic mass is 9.98. The number of hydrogen-bond donors (Lipinski definition) is 1. The molecule has 1 atom stereocenters. The molecular weight excluding hydrogens is 246 g/mol. The molecule has 0 fully saturated rings. The van der Waals surface area contributed by atoms with E-state index in [1.54, 1.807) is 0 Å². The lowest BCUT2D eigenvalue weighted by Crippen LogP contribution is -2.11. The number of fused-ring (bicyclic) bond motifs is 2. The average molecular weight is 271 g/mol. The van der Waals surface area contributed by atoms with Crippen LogP contribution in [-0.4, -0.2) is 16.5 Å². The van der Waals surface area contributed by atoms with Gasteiger partial charge in [0.1, 0.15) is 0 Å². The first-order valence-corrected chi connectivity index (χ1v) is 7.57.